The largest absolute Gasteiger partial charge is 0.214 e. The fourth-order valence-corrected chi connectivity index (χ4v) is 5.77. The molecule has 4 aliphatic rings. The quantitative estimate of drug-likeness (QED) is 0.854. The summed E-state index contributed by atoms with van der Waals surface area (Å²) in [5.41, 5.74) is 0.302. The number of hydrogen-bond donors (Lipinski definition) is 1. The Hall–Kier alpha value is -0.0900. The average molecular weight is 271 g/mol. The zero-order valence-corrected chi connectivity index (χ0v) is 12.3. The van der Waals surface area contributed by atoms with E-state index in [2.05, 4.69) is 4.72 Å². The molecule has 0 heterocycles. The van der Waals surface area contributed by atoms with E-state index in [1.807, 2.05) is 0 Å². The molecule has 18 heavy (non-hydrogen) atoms. The highest BCUT2D eigenvalue weighted by Crippen LogP contribution is 2.59. The number of sulfonamides is 1. The second-order valence-electron chi connectivity index (χ2n) is 7.33. The Balaban J connectivity index is 1.69. The molecule has 0 radical (unpaired) electrons. The molecule has 4 rings (SSSR count). The molecule has 0 unspecified atom stereocenters. The minimum atomic E-state index is -3.09. The van der Waals surface area contributed by atoms with Gasteiger partial charge in [-0.25, -0.2) is 13.1 Å². The van der Waals surface area contributed by atoms with E-state index >= 15 is 0 Å². The molecular weight excluding hydrogens is 246 g/mol. The molecule has 4 heteroatoms. The third kappa shape index (κ3) is 2.22. The molecule has 4 saturated carbocycles. The Morgan fingerprint density at radius 1 is 1.06 bits per heavy atom. The monoisotopic (exact) mass is 271 g/mol. The predicted molar refractivity (Wildman–Crippen MR) is 72.7 cm³/mol. The summed E-state index contributed by atoms with van der Waals surface area (Å²) in [5.74, 6) is 2.67. The standard InChI is InChI=1S/C14H25NO2S/c1-10(2)18(16,17)15-9-14-6-11-3-12(7-14)5-13(4-11)8-14/h10-13,15H,3-9H2,1-2H3. The lowest BCUT2D eigenvalue weighted by molar-refractivity contribution is -0.0487. The van der Waals surface area contributed by atoms with Gasteiger partial charge in [0.25, 0.3) is 0 Å². The van der Waals surface area contributed by atoms with Crippen molar-refractivity contribution >= 4 is 10.0 Å². The van der Waals surface area contributed by atoms with E-state index in [-0.39, 0.29) is 5.25 Å². The summed E-state index contributed by atoms with van der Waals surface area (Å²) in [6.45, 7) is 4.20. The lowest BCUT2D eigenvalue weighted by atomic mass is 9.50. The average Bonchev–Trinajstić information content (AvgIpc) is 2.24. The topological polar surface area (TPSA) is 46.2 Å². The van der Waals surface area contributed by atoms with E-state index in [9.17, 15) is 8.42 Å². The van der Waals surface area contributed by atoms with E-state index in [4.69, 9.17) is 0 Å². The van der Waals surface area contributed by atoms with Crippen LogP contribution in [0.1, 0.15) is 52.4 Å². The summed E-state index contributed by atoms with van der Waals surface area (Å²) in [4.78, 5) is 0. The van der Waals surface area contributed by atoms with Gasteiger partial charge in [-0.3, -0.25) is 0 Å². The SMILES string of the molecule is CC(C)S(=O)(=O)NCC12CC3CC(CC(C3)C1)C2. The highest BCUT2D eigenvalue weighted by Gasteiger charge is 2.50. The maximum atomic E-state index is 11.9. The summed E-state index contributed by atoms with van der Waals surface area (Å²) in [6, 6.07) is 0. The van der Waals surface area contributed by atoms with Crippen molar-refractivity contribution < 1.29 is 8.42 Å². The van der Waals surface area contributed by atoms with Crippen molar-refractivity contribution in [2.45, 2.75) is 57.6 Å². The molecule has 0 aromatic rings. The summed E-state index contributed by atoms with van der Waals surface area (Å²) < 4.78 is 26.7. The van der Waals surface area contributed by atoms with Gasteiger partial charge in [0.1, 0.15) is 0 Å². The van der Waals surface area contributed by atoms with Crippen LogP contribution in [0.4, 0.5) is 0 Å². The smallest absolute Gasteiger partial charge is 0.213 e. The molecule has 0 amide bonds. The van der Waals surface area contributed by atoms with Gasteiger partial charge in [-0.1, -0.05) is 0 Å². The summed E-state index contributed by atoms with van der Waals surface area (Å²) in [7, 11) is -3.09. The molecule has 0 aliphatic heterocycles. The van der Waals surface area contributed by atoms with Crippen LogP contribution in [0.3, 0.4) is 0 Å². The van der Waals surface area contributed by atoms with Crippen LogP contribution in [0, 0.1) is 23.2 Å². The van der Waals surface area contributed by atoms with Crippen molar-refractivity contribution in [1.82, 2.24) is 4.72 Å². The van der Waals surface area contributed by atoms with Gasteiger partial charge < -0.3 is 0 Å². The van der Waals surface area contributed by atoms with E-state index in [0.29, 0.717) is 12.0 Å². The minimum Gasteiger partial charge on any atom is -0.214 e. The third-order valence-electron chi connectivity index (χ3n) is 5.43. The van der Waals surface area contributed by atoms with Crippen molar-refractivity contribution in [3.63, 3.8) is 0 Å². The Kier molecular flexibility index (Phi) is 3.02. The highest BCUT2D eigenvalue weighted by atomic mass is 32.2. The van der Waals surface area contributed by atoms with E-state index < -0.39 is 10.0 Å². The van der Waals surface area contributed by atoms with E-state index in [0.717, 1.165) is 17.8 Å². The first-order chi connectivity index (χ1) is 8.39. The zero-order chi connectivity index (χ0) is 13.0. The van der Waals surface area contributed by atoms with Gasteiger partial charge in [-0.15, -0.1) is 0 Å². The fraction of sp³-hybridized carbons (Fsp3) is 1.00. The summed E-state index contributed by atoms with van der Waals surface area (Å²) in [5, 5.41) is -0.314. The molecule has 0 aromatic carbocycles. The zero-order valence-electron chi connectivity index (χ0n) is 11.5. The second kappa shape index (κ2) is 4.20. The molecule has 1 N–H and O–H groups in total. The predicted octanol–water partition coefficient (Wildman–Crippen LogP) is 2.53. The molecule has 4 fully saturated rings. The summed E-state index contributed by atoms with van der Waals surface area (Å²) in [6.07, 6.45) is 8.03. The first-order valence-electron chi connectivity index (χ1n) is 7.37. The maximum Gasteiger partial charge on any atom is 0.213 e. The van der Waals surface area contributed by atoms with Crippen LogP contribution in [-0.4, -0.2) is 20.2 Å². The van der Waals surface area contributed by atoms with Crippen LogP contribution in [0.2, 0.25) is 0 Å². The van der Waals surface area contributed by atoms with Crippen molar-refractivity contribution in [3.05, 3.63) is 0 Å². The van der Waals surface area contributed by atoms with Gasteiger partial charge >= 0.3 is 0 Å². The van der Waals surface area contributed by atoms with Crippen molar-refractivity contribution in [2.24, 2.45) is 23.2 Å². The van der Waals surface area contributed by atoms with Crippen LogP contribution in [0.15, 0.2) is 0 Å². The van der Waals surface area contributed by atoms with Crippen LogP contribution in [-0.2, 0) is 10.0 Å². The number of nitrogens with one attached hydrogen (secondary N) is 1. The Morgan fingerprint density at radius 2 is 1.50 bits per heavy atom. The van der Waals surface area contributed by atoms with Gasteiger partial charge in [0.15, 0.2) is 0 Å². The van der Waals surface area contributed by atoms with Crippen LogP contribution in [0.25, 0.3) is 0 Å². The molecule has 0 saturated heterocycles. The lowest BCUT2D eigenvalue weighted by Crippen LogP contribution is -2.51. The number of rotatable bonds is 4. The molecule has 4 bridgehead atoms. The van der Waals surface area contributed by atoms with E-state index in [1.54, 1.807) is 13.8 Å². The third-order valence-corrected chi connectivity index (χ3v) is 7.22. The van der Waals surface area contributed by atoms with Gasteiger partial charge in [0, 0.05) is 6.54 Å². The molecule has 104 valence electrons. The molecule has 0 aromatic heterocycles. The highest BCUT2D eigenvalue weighted by molar-refractivity contribution is 7.90. The molecule has 3 nitrogen and oxygen atoms in total. The number of hydrogen-bond acceptors (Lipinski definition) is 2. The fourth-order valence-electron chi connectivity index (χ4n) is 4.93. The first kappa shape index (κ1) is 12.9. The van der Waals surface area contributed by atoms with Crippen LogP contribution in [0.5, 0.6) is 0 Å². The van der Waals surface area contributed by atoms with E-state index in [1.165, 1.54) is 38.5 Å². The van der Waals surface area contributed by atoms with Gasteiger partial charge in [0.05, 0.1) is 5.25 Å². The Morgan fingerprint density at radius 3 is 1.89 bits per heavy atom. The maximum absolute atomic E-state index is 11.9. The Bertz CT molecular complexity index is 392. The first-order valence-corrected chi connectivity index (χ1v) is 8.92. The molecule has 4 aliphatic carbocycles. The second-order valence-corrected chi connectivity index (χ2v) is 9.65. The van der Waals surface area contributed by atoms with Crippen LogP contribution < -0.4 is 4.72 Å². The lowest BCUT2D eigenvalue weighted by Gasteiger charge is -2.56. The Labute approximate surface area is 111 Å². The molecular formula is C14H25NO2S. The van der Waals surface area contributed by atoms with Crippen molar-refractivity contribution in [1.29, 1.82) is 0 Å². The van der Waals surface area contributed by atoms with Gasteiger partial charge in [-0.05, 0) is 75.5 Å². The normalized spacial score (nSPS) is 42.7. The molecule has 0 atom stereocenters. The summed E-state index contributed by atoms with van der Waals surface area (Å²) >= 11 is 0. The van der Waals surface area contributed by atoms with Crippen LogP contribution >= 0.6 is 0 Å². The van der Waals surface area contributed by atoms with Gasteiger partial charge in [0.2, 0.25) is 10.0 Å². The minimum absolute atomic E-state index is 0.302. The van der Waals surface area contributed by atoms with Crippen molar-refractivity contribution in [3.8, 4) is 0 Å². The molecule has 0 spiro atoms. The van der Waals surface area contributed by atoms with Gasteiger partial charge in [-0.2, -0.15) is 0 Å². The van der Waals surface area contributed by atoms with Crippen molar-refractivity contribution in [2.75, 3.05) is 6.54 Å².